The zero-order valence-corrected chi connectivity index (χ0v) is 19.9. The molecule has 3 fully saturated rings. The molecule has 2 heterocycles. The minimum absolute atomic E-state index is 0.0349. The van der Waals surface area contributed by atoms with Crippen molar-refractivity contribution in [3.8, 4) is 0 Å². The van der Waals surface area contributed by atoms with Crippen molar-refractivity contribution >= 4 is 35.0 Å². The Bertz CT molecular complexity index is 796. The molecule has 2 saturated heterocycles. The fraction of sp³-hybridized carbons (Fsp3) is 0.667. The molecule has 0 radical (unpaired) electrons. The number of nitrogens with zero attached hydrogens (tertiary/aromatic N) is 3. The third kappa shape index (κ3) is 5.20. The van der Waals surface area contributed by atoms with E-state index >= 15 is 0 Å². The molecular weight excluding hydrogens is 433 g/mol. The van der Waals surface area contributed by atoms with Crippen LogP contribution in [0.15, 0.2) is 18.2 Å². The third-order valence-corrected chi connectivity index (χ3v) is 7.90. The molecule has 1 aliphatic carbocycles. The summed E-state index contributed by atoms with van der Waals surface area (Å²) in [6.45, 7) is 6.74. The normalized spacial score (nSPS) is 22.7. The van der Waals surface area contributed by atoms with Crippen molar-refractivity contribution in [2.45, 2.75) is 51.5 Å². The number of hydrogen-bond donors (Lipinski definition) is 0. The SMILES string of the molecule is CC1CCN(C(=O)[C@H](C2CCCC2)N2CCN(C(=O)c3ccc(Cl)cc3Cl)CC2)CC1. The average Bonchev–Trinajstić information content (AvgIpc) is 3.29. The first-order valence-corrected chi connectivity index (χ1v) is 12.5. The molecule has 0 spiro atoms. The van der Waals surface area contributed by atoms with Crippen LogP contribution in [-0.4, -0.2) is 71.8 Å². The van der Waals surface area contributed by atoms with Crippen LogP contribution in [0.25, 0.3) is 0 Å². The molecule has 0 unspecified atom stereocenters. The molecule has 0 aromatic heterocycles. The first kappa shape index (κ1) is 22.9. The van der Waals surface area contributed by atoms with Crippen LogP contribution in [0, 0.1) is 11.8 Å². The van der Waals surface area contributed by atoms with Gasteiger partial charge in [0.15, 0.2) is 0 Å². The van der Waals surface area contributed by atoms with E-state index in [9.17, 15) is 9.59 Å². The number of amides is 2. The van der Waals surface area contributed by atoms with Gasteiger partial charge in [0.1, 0.15) is 0 Å². The van der Waals surface area contributed by atoms with Crippen molar-refractivity contribution in [1.82, 2.24) is 14.7 Å². The van der Waals surface area contributed by atoms with Gasteiger partial charge in [0.2, 0.25) is 5.91 Å². The summed E-state index contributed by atoms with van der Waals surface area (Å²) in [5.41, 5.74) is 0.491. The molecule has 2 aliphatic heterocycles. The molecule has 170 valence electrons. The number of halogens is 2. The van der Waals surface area contributed by atoms with Crippen molar-refractivity contribution in [2.75, 3.05) is 39.3 Å². The lowest BCUT2D eigenvalue weighted by Gasteiger charge is -2.43. The number of rotatable bonds is 4. The Morgan fingerprint density at radius 1 is 0.903 bits per heavy atom. The number of likely N-dealkylation sites (tertiary alicyclic amines) is 1. The van der Waals surface area contributed by atoms with E-state index < -0.39 is 0 Å². The molecule has 4 rings (SSSR count). The number of carbonyl (C=O) groups is 2. The molecule has 0 bridgehead atoms. The van der Waals surface area contributed by atoms with Crippen LogP contribution in [-0.2, 0) is 4.79 Å². The summed E-state index contributed by atoms with van der Waals surface area (Å²) in [4.78, 5) is 32.9. The monoisotopic (exact) mass is 465 g/mol. The molecule has 1 aromatic rings. The zero-order chi connectivity index (χ0) is 22.0. The lowest BCUT2D eigenvalue weighted by molar-refractivity contribution is -0.141. The Morgan fingerprint density at radius 2 is 1.55 bits per heavy atom. The first-order valence-electron chi connectivity index (χ1n) is 11.7. The predicted molar refractivity (Wildman–Crippen MR) is 125 cm³/mol. The summed E-state index contributed by atoms with van der Waals surface area (Å²) in [7, 11) is 0. The minimum Gasteiger partial charge on any atom is -0.341 e. The smallest absolute Gasteiger partial charge is 0.255 e. The van der Waals surface area contributed by atoms with Crippen LogP contribution in [0.1, 0.15) is 55.8 Å². The van der Waals surface area contributed by atoms with Crippen LogP contribution in [0.5, 0.6) is 0 Å². The molecule has 5 nitrogen and oxygen atoms in total. The van der Waals surface area contributed by atoms with E-state index in [1.165, 1.54) is 12.8 Å². The second-order valence-electron chi connectivity index (χ2n) is 9.45. The molecule has 1 saturated carbocycles. The standard InChI is InChI=1S/C24H33Cl2N3O2/c1-17-8-10-28(11-9-17)24(31)22(18-4-2-3-5-18)27-12-14-29(15-13-27)23(30)20-7-6-19(25)16-21(20)26/h6-7,16-18,22H,2-5,8-15H2,1H3/t22-/m0/s1. The summed E-state index contributed by atoms with van der Waals surface area (Å²) in [6.07, 6.45) is 6.93. The highest BCUT2D eigenvalue weighted by Crippen LogP contribution is 2.33. The van der Waals surface area contributed by atoms with Crippen LogP contribution in [0.3, 0.4) is 0 Å². The van der Waals surface area contributed by atoms with Gasteiger partial charge in [-0.25, -0.2) is 0 Å². The van der Waals surface area contributed by atoms with Gasteiger partial charge >= 0.3 is 0 Å². The Hall–Kier alpha value is -1.30. The number of carbonyl (C=O) groups excluding carboxylic acids is 2. The summed E-state index contributed by atoms with van der Waals surface area (Å²) >= 11 is 12.2. The quantitative estimate of drug-likeness (QED) is 0.653. The van der Waals surface area contributed by atoms with Crippen molar-refractivity contribution in [2.24, 2.45) is 11.8 Å². The van der Waals surface area contributed by atoms with Crippen molar-refractivity contribution in [3.63, 3.8) is 0 Å². The molecule has 2 amide bonds. The van der Waals surface area contributed by atoms with Crippen LogP contribution >= 0.6 is 23.2 Å². The fourth-order valence-corrected chi connectivity index (χ4v) is 5.87. The van der Waals surface area contributed by atoms with Crippen LogP contribution in [0.4, 0.5) is 0 Å². The van der Waals surface area contributed by atoms with Crippen LogP contribution in [0.2, 0.25) is 10.0 Å². The molecular formula is C24H33Cl2N3O2. The summed E-state index contributed by atoms with van der Waals surface area (Å²) in [6, 6.07) is 4.97. The van der Waals surface area contributed by atoms with Crippen molar-refractivity contribution in [1.29, 1.82) is 0 Å². The third-order valence-electron chi connectivity index (χ3n) is 7.35. The van der Waals surface area contributed by atoms with E-state index in [1.807, 2.05) is 4.90 Å². The number of piperidine rings is 1. The van der Waals surface area contributed by atoms with E-state index in [2.05, 4.69) is 16.7 Å². The van der Waals surface area contributed by atoms with Gasteiger partial charge in [-0.2, -0.15) is 0 Å². The Kier molecular flexibility index (Phi) is 7.45. The highest BCUT2D eigenvalue weighted by molar-refractivity contribution is 6.36. The maximum absolute atomic E-state index is 13.6. The molecule has 3 aliphatic rings. The van der Waals surface area contributed by atoms with Gasteiger partial charge in [0, 0.05) is 44.3 Å². The van der Waals surface area contributed by atoms with Gasteiger partial charge in [-0.3, -0.25) is 14.5 Å². The topological polar surface area (TPSA) is 43.9 Å². The Morgan fingerprint density at radius 3 is 2.16 bits per heavy atom. The Labute approximate surface area is 195 Å². The Balaban J connectivity index is 1.42. The lowest BCUT2D eigenvalue weighted by atomic mass is 9.92. The second kappa shape index (κ2) is 10.1. The lowest BCUT2D eigenvalue weighted by Crippen LogP contribution is -2.59. The largest absolute Gasteiger partial charge is 0.341 e. The van der Waals surface area contributed by atoms with E-state index in [-0.39, 0.29) is 11.9 Å². The summed E-state index contributed by atoms with van der Waals surface area (Å²) in [5, 5.41) is 0.912. The van der Waals surface area contributed by atoms with Crippen molar-refractivity contribution in [3.05, 3.63) is 33.8 Å². The number of hydrogen-bond acceptors (Lipinski definition) is 3. The van der Waals surface area contributed by atoms with E-state index in [0.717, 1.165) is 51.9 Å². The molecule has 1 atom stereocenters. The van der Waals surface area contributed by atoms with Gasteiger partial charge in [-0.15, -0.1) is 0 Å². The van der Waals surface area contributed by atoms with Gasteiger partial charge in [0.25, 0.3) is 5.91 Å². The molecule has 7 heteroatoms. The van der Waals surface area contributed by atoms with Gasteiger partial charge < -0.3 is 9.80 Å². The second-order valence-corrected chi connectivity index (χ2v) is 10.3. The van der Waals surface area contributed by atoms with E-state index in [1.54, 1.807) is 18.2 Å². The maximum atomic E-state index is 13.6. The highest BCUT2D eigenvalue weighted by Gasteiger charge is 2.40. The first-order chi connectivity index (χ1) is 14.9. The minimum atomic E-state index is -0.0601. The van der Waals surface area contributed by atoms with Crippen molar-refractivity contribution < 1.29 is 9.59 Å². The van der Waals surface area contributed by atoms with Gasteiger partial charge in [-0.1, -0.05) is 43.0 Å². The highest BCUT2D eigenvalue weighted by atomic mass is 35.5. The van der Waals surface area contributed by atoms with Gasteiger partial charge in [-0.05, 0) is 55.7 Å². The number of piperazine rings is 1. The van der Waals surface area contributed by atoms with E-state index in [4.69, 9.17) is 23.2 Å². The van der Waals surface area contributed by atoms with Crippen LogP contribution < -0.4 is 0 Å². The molecule has 31 heavy (non-hydrogen) atoms. The average molecular weight is 466 g/mol. The van der Waals surface area contributed by atoms with Gasteiger partial charge in [0.05, 0.1) is 16.6 Å². The maximum Gasteiger partial charge on any atom is 0.255 e. The zero-order valence-electron chi connectivity index (χ0n) is 18.4. The molecule has 0 N–H and O–H groups in total. The summed E-state index contributed by atoms with van der Waals surface area (Å²) in [5.74, 6) is 1.41. The predicted octanol–water partition coefficient (Wildman–Crippen LogP) is 4.57. The summed E-state index contributed by atoms with van der Waals surface area (Å²) < 4.78 is 0. The fourth-order valence-electron chi connectivity index (χ4n) is 5.38. The molecule has 1 aromatic carbocycles. The van der Waals surface area contributed by atoms with E-state index in [0.29, 0.717) is 46.4 Å². The number of benzene rings is 1.